The summed E-state index contributed by atoms with van der Waals surface area (Å²) in [6.45, 7) is 3.58. The van der Waals surface area contributed by atoms with Crippen LogP contribution >= 0.6 is 0 Å². The standard InChI is InChI=1S/C19H20FN3O2/c1-13-12-16(20)5-2-14(13)8-9-21-18(24)15-3-6-17(7-4-15)23-11-10-22-19(23)25/h2-7,12H,8-11H2,1H3,(H,21,24)(H,22,25). The van der Waals surface area contributed by atoms with E-state index in [1.165, 1.54) is 12.1 Å². The second kappa shape index (κ2) is 7.34. The molecule has 130 valence electrons. The summed E-state index contributed by atoms with van der Waals surface area (Å²) in [6, 6.07) is 11.5. The van der Waals surface area contributed by atoms with E-state index in [0.29, 0.717) is 31.6 Å². The molecule has 0 saturated carbocycles. The van der Waals surface area contributed by atoms with Gasteiger partial charge in [0.15, 0.2) is 0 Å². The highest BCUT2D eigenvalue weighted by atomic mass is 19.1. The highest BCUT2D eigenvalue weighted by Crippen LogP contribution is 2.17. The Balaban J connectivity index is 1.55. The zero-order valence-corrected chi connectivity index (χ0v) is 14.0. The number of carbonyl (C=O) groups is 2. The Bertz CT molecular complexity index is 790. The summed E-state index contributed by atoms with van der Waals surface area (Å²) in [5.74, 6) is -0.422. The molecular formula is C19H20FN3O2. The molecular weight excluding hydrogens is 321 g/mol. The monoisotopic (exact) mass is 341 g/mol. The Morgan fingerprint density at radius 2 is 2.00 bits per heavy atom. The number of urea groups is 1. The second-order valence-corrected chi connectivity index (χ2v) is 6.01. The Morgan fingerprint density at radius 1 is 1.24 bits per heavy atom. The molecule has 0 radical (unpaired) electrons. The number of nitrogens with zero attached hydrogens (tertiary/aromatic N) is 1. The first-order chi connectivity index (χ1) is 12.0. The van der Waals surface area contributed by atoms with Crippen LogP contribution in [0.5, 0.6) is 0 Å². The number of amides is 3. The van der Waals surface area contributed by atoms with Gasteiger partial charge in [-0.25, -0.2) is 9.18 Å². The molecule has 2 aromatic rings. The lowest BCUT2D eigenvalue weighted by Gasteiger charge is -2.14. The predicted molar refractivity (Wildman–Crippen MR) is 94.4 cm³/mol. The number of rotatable bonds is 5. The number of anilines is 1. The summed E-state index contributed by atoms with van der Waals surface area (Å²) in [5.41, 5.74) is 3.20. The first-order valence-electron chi connectivity index (χ1n) is 8.23. The Morgan fingerprint density at radius 3 is 2.64 bits per heavy atom. The third-order valence-corrected chi connectivity index (χ3v) is 4.28. The van der Waals surface area contributed by atoms with Crippen molar-refractivity contribution in [3.63, 3.8) is 0 Å². The molecule has 3 rings (SSSR count). The van der Waals surface area contributed by atoms with Crippen molar-refractivity contribution in [2.75, 3.05) is 24.5 Å². The highest BCUT2D eigenvalue weighted by molar-refractivity contribution is 5.97. The van der Waals surface area contributed by atoms with Crippen LogP contribution < -0.4 is 15.5 Å². The number of halogens is 1. The predicted octanol–water partition coefficient (Wildman–Crippen LogP) is 2.64. The number of carbonyl (C=O) groups excluding carboxylic acids is 2. The normalized spacial score (nSPS) is 13.7. The van der Waals surface area contributed by atoms with E-state index in [1.54, 1.807) is 35.2 Å². The van der Waals surface area contributed by atoms with Gasteiger partial charge in [0.25, 0.3) is 5.91 Å². The van der Waals surface area contributed by atoms with Crippen molar-refractivity contribution >= 4 is 17.6 Å². The fourth-order valence-electron chi connectivity index (χ4n) is 2.86. The molecule has 0 atom stereocenters. The van der Waals surface area contributed by atoms with Crippen LogP contribution in [0.1, 0.15) is 21.5 Å². The van der Waals surface area contributed by atoms with Crippen LogP contribution in [0.2, 0.25) is 0 Å². The highest BCUT2D eigenvalue weighted by Gasteiger charge is 2.21. The fourth-order valence-corrected chi connectivity index (χ4v) is 2.86. The number of hydrogen-bond donors (Lipinski definition) is 2. The van der Waals surface area contributed by atoms with Gasteiger partial charge in [-0.05, 0) is 60.9 Å². The van der Waals surface area contributed by atoms with Crippen molar-refractivity contribution < 1.29 is 14.0 Å². The van der Waals surface area contributed by atoms with Crippen molar-refractivity contribution in [2.24, 2.45) is 0 Å². The van der Waals surface area contributed by atoms with Crippen LogP contribution in [0.4, 0.5) is 14.9 Å². The summed E-state index contributed by atoms with van der Waals surface area (Å²) < 4.78 is 13.1. The molecule has 2 aromatic carbocycles. The minimum Gasteiger partial charge on any atom is -0.352 e. The van der Waals surface area contributed by atoms with Gasteiger partial charge in [0.2, 0.25) is 0 Å². The van der Waals surface area contributed by atoms with Crippen LogP contribution in [-0.4, -0.2) is 31.6 Å². The lowest BCUT2D eigenvalue weighted by molar-refractivity contribution is 0.0954. The average Bonchev–Trinajstić information content (AvgIpc) is 3.03. The Kier molecular flexibility index (Phi) is 4.97. The molecule has 6 heteroatoms. The van der Waals surface area contributed by atoms with Gasteiger partial charge >= 0.3 is 6.03 Å². The van der Waals surface area contributed by atoms with Gasteiger partial charge in [-0.3, -0.25) is 9.69 Å². The molecule has 1 fully saturated rings. The molecule has 1 aliphatic rings. The quantitative estimate of drug-likeness (QED) is 0.878. The van der Waals surface area contributed by atoms with Crippen LogP contribution in [0.25, 0.3) is 0 Å². The molecule has 0 bridgehead atoms. The smallest absolute Gasteiger partial charge is 0.321 e. The van der Waals surface area contributed by atoms with Crippen molar-refractivity contribution in [3.8, 4) is 0 Å². The summed E-state index contributed by atoms with van der Waals surface area (Å²) >= 11 is 0. The zero-order chi connectivity index (χ0) is 17.8. The van der Waals surface area contributed by atoms with E-state index in [4.69, 9.17) is 0 Å². The molecule has 1 heterocycles. The van der Waals surface area contributed by atoms with E-state index in [0.717, 1.165) is 16.8 Å². The third-order valence-electron chi connectivity index (χ3n) is 4.28. The number of nitrogens with one attached hydrogen (secondary N) is 2. The van der Waals surface area contributed by atoms with Gasteiger partial charge in [-0.2, -0.15) is 0 Å². The lowest BCUT2D eigenvalue weighted by atomic mass is 10.1. The molecule has 0 aromatic heterocycles. The summed E-state index contributed by atoms with van der Waals surface area (Å²) in [6.07, 6.45) is 0.643. The summed E-state index contributed by atoms with van der Waals surface area (Å²) in [5, 5.41) is 5.60. The molecule has 25 heavy (non-hydrogen) atoms. The average molecular weight is 341 g/mol. The second-order valence-electron chi connectivity index (χ2n) is 6.01. The fraction of sp³-hybridized carbons (Fsp3) is 0.263. The van der Waals surface area contributed by atoms with Gasteiger partial charge in [0.1, 0.15) is 5.82 Å². The summed E-state index contributed by atoms with van der Waals surface area (Å²) in [7, 11) is 0. The largest absolute Gasteiger partial charge is 0.352 e. The van der Waals surface area contributed by atoms with Crippen LogP contribution in [0, 0.1) is 12.7 Å². The van der Waals surface area contributed by atoms with Crippen molar-refractivity contribution in [2.45, 2.75) is 13.3 Å². The van der Waals surface area contributed by atoms with E-state index in [2.05, 4.69) is 10.6 Å². The van der Waals surface area contributed by atoms with Crippen molar-refractivity contribution in [3.05, 3.63) is 65.0 Å². The minimum absolute atomic E-state index is 0.119. The van der Waals surface area contributed by atoms with Crippen molar-refractivity contribution in [1.29, 1.82) is 0 Å². The number of hydrogen-bond acceptors (Lipinski definition) is 2. The molecule has 3 amide bonds. The van der Waals surface area contributed by atoms with Gasteiger partial charge in [0, 0.05) is 30.9 Å². The molecule has 2 N–H and O–H groups in total. The molecule has 0 aliphatic carbocycles. The van der Waals surface area contributed by atoms with E-state index in [9.17, 15) is 14.0 Å². The Labute approximate surface area is 145 Å². The first-order valence-corrected chi connectivity index (χ1v) is 8.23. The van der Waals surface area contributed by atoms with Gasteiger partial charge < -0.3 is 10.6 Å². The first kappa shape index (κ1) is 17.0. The maximum absolute atomic E-state index is 13.1. The molecule has 0 unspecified atom stereocenters. The molecule has 0 spiro atoms. The van der Waals surface area contributed by atoms with Gasteiger partial charge in [-0.15, -0.1) is 0 Å². The third kappa shape index (κ3) is 3.96. The van der Waals surface area contributed by atoms with Crippen LogP contribution in [0.15, 0.2) is 42.5 Å². The SMILES string of the molecule is Cc1cc(F)ccc1CCNC(=O)c1ccc(N2CCNC2=O)cc1. The molecule has 5 nitrogen and oxygen atoms in total. The minimum atomic E-state index is -0.253. The van der Waals surface area contributed by atoms with Crippen LogP contribution in [-0.2, 0) is 6.42 Å². The molecule has 1 saturated heterocycles. The lowest BCUT2D eigenvalue weighted by Crippen LogP contribution is -2.28. The van der Waals surface area contributed by atoms with E-state index in [-0.39, 0.29) is 17.8 Å². The van der Waals surface area contributed by atoms with Gasteiger partial charge in [-0.1, -0.05) is 6.07 Å². The maximum atomic E-state index is 13.1. The number of aryl methyl sites for hydroxylation is 1. The Hall–Kier alpha value is -2.89. The van der Waals surface area contributed by atoms with Crippen LogP contribution in [0.3, 0.4) is 0 Å². The van der Waals surface area contributed by atoms with E-state index in [1.807, 2.05) is 6.92 Å². The molecule has 1 aliphatic heterocycles. The van der Waals surface area contributed by atoms with E-state index < -0.39 is 0 Å². The zero-order valence-electron chi connectivity index (χ0n) is 14.0. The maximum Gasteiger partial charge on any atom is 0.321 e. The topological polar surface area (TPSA) is 61.4 Å². The van der Waals surface area contributed by atoms with Crippen molar-refractivity contribution in [1.82, 2.24) is 10.6 Å². The van der Waals surface area contributed by atoms with Gasteiger partial charge in [0.05, 0.1) is 0 Å². The summed E-state index contributed by atoms with van der Waals surface area (Å²) in [4.78, 5) is 25.5. The van der Waals surface area contributed by atoms with E-state index >= 15 is 0 Å². The number of benzene rings is 2.